The number of hydrazone groups is 1. The average molecular weight is 347 g/mol. The van der Waals surface area contributed by atoms with E-state index in [0.29, 0.717) is 24.2 Å². The molecule has 0 bridgehead atoms. The van der Waals surface area contributed by atoms with Crippen LogP contribution in [0, 0.1) is 22.7 Å². The summed E-state index contributed by atoms with van der Waals surface area (Å²) in [6.07, 6.45) is 0.622. The molecule has 0 spiro atoms. The van der Waals surface area contributed by atoms with Crippen LogP contribution < -0.4 is 15.5 Å². The van der Waals surface area contributed by atoms with Crippen molar-refractivity contribution in [3.05, 3.63) is 59.7 Å². The second kappa shape index (κ2) is 9.45. The molecule has 7 nitrogen and oxygen atoms in total. The van der Waals surface area contributed by atoms with Gasteiger partial charge in [-0.05, 0) is 30.2 Å². The number of carbonyl (C=O) groups excluding carboxylic acids is 1. The molecule has 2 aromatic rings. The van der Waals surface area contributed by atoms with Gasteiger partial charge in [-0.3, -0.25) is 10.2 Å². The Hall–Kier alpha value is -3.84. The summed E-state index contributed by atoms with van der Waals surface area (Å²) in [5, 5.41) is 23.9. The molecule has 0 saturated carbocycles. The molecule has 2 aromatic carbocycles. The third-order valence-electron chi connectivity index (χ3n) is 3.54. The summed E-state index contributed by atoms with van der Waals surface area (Å²) in [7, 11) is 1.61. The molecule has 26 heavy (non-hydrogen) atoms. The van der Waals surface area contributed by atoms with E-state index in [2.05, 4.69) is 15.8 Å². The minimum absolute atomic E-state index is 0.284. The molecule has 7 heteroatoms. The number of para-hydroxylation sites is 2. The zero-order valence-corrected chi connectivity index (χ0v) is 14.2. The third-order valence-corrected chi connectivity index (χ3v) is 3.54. The number of rotatable bonds is 7. The number of amides is 1. The van der Waals surface area contributed by atoms with E-state index in [1.165, 1.54) is 0 Å². The summed E-state index contributed by atoms with van der Waals surface area (Å²) in [6.45, 7) is 0.429. The molecule has 130 valence electrons. The fraction of sp³-hybridized carbons (Fsp3) is 0.158. The Morgan fingerprint density at radius 3 is 2.54 bits per heavy atom. The van der Waals surface area contributed by atoms with Crippen LogP contribution in [-0.4, -0.2) is 25.3 Å². The minimum atomic E-state index is -0.323. The zero-order chi connectivity index (χ0) is 18.8. The SMILES string of the molecule is COc1ccccc1CCNC(=O)c1ccccc1NN=C(C#N)C#N. The van der Waals surface area contributed by atoms with Crippen molar-refractivity contribution < 1.29 is 9.53 Å². The second-order valence-electron chi connectivity index (χ2n) is 5.16. The largest absolute Gasteiger partial charge is 0.496 e. The quantitative estimate of drug-likeness (QED) is 0.590. The molecule has 2 N–H and O–H groups in total. The number of hydrogen-bond acceptors (Lipinski definition) is 6. The predicted octanol–water partition coefficient (Wildman–Crippen LogP) is 2.48. The molecule has 2 rings (SSSR count). The Kier molecular flexibility index (Phi) is 6.73. The first-order chi connectivity index (χ1) is 12.7. The average Bonchev–Trinajstić information content (AvgIpc) is 2.69. The lowest BCUT2D eigenvalue weighted by Gasteiger charge is -2.11. The van der Waals surface area contributed by atoms with Crippen LogP contribution in [0.4, 0.5) is 5.69 Å². The lowest BCUT2D eigenvalue weighted by molar-refractivity contribution is 0.0955. The highest BCUT2D eigenvalue weighted by Gasteiger charge is 2.11. The van der Waals surface area contributed by atoms with Crippen LogP contribution in [0.2, 0.25) is 0 Å². The van der Waals surface area contributed by atoms with E-state index < -0.39 is 0 Å². The smallest absolute Gasteiger partial charge is 0.253 e. The van der Waals surface area contributed by atoms with E-state index in [1.807, 2.05) is 24.3 Å². The van der Waals surface area contributed by atoms with Crippen molar-refractivity contribution in [3.63, 3.8) is 0 Å². The van der Waals surface area contributed by atoms with Gasteiger partial charge in [-0.25, -0.2) is 0 Å². The van der Waals surface area contributed by atoms with Crippen molar-refractivity contribution in [3.8, 4) is 17.9 Å². The molecule has 0 saturated heterocycles. The van der Waals surface area contributed by atoms with Gasteiger partial charge >= 0.3 is 0 Å². The number of benzene rings is 2. The fourth-order valence-electron chi connectivity index (χ4n) is 2.29. The van der Waals surface area contributed by atoms with Crippen molar-refractivity contribution in [1.29, 1.82) is 10.5 Å². The number of nitrogens with one attached hydrogen (secondary N) is 2. The lowest BCUT2D eigenvalue weighted by atomic mass is 10.1. The predicted molar refractivity (Wildman–Crippen MR) is 97.8 cm³/mol. The van der Waals surface area contributed by atoms with Gasteiger partial charge in [0.1, 0.15) is 17.9 Å². The summed E-state index contributed by atoms with van der Waals surface area (Å²) in [5.41, 5.74) is 4.04. The van der Waals surface area contributed by atoms with Gasteiger partial charge in [0, 0.05) is 6.54 Å². The molecule has 0 heterocycles. The normalized spacial score (nSPS) is 9.35. The molecule has 0 aliphatic rings. The van der Waals surface area contributed by atoms with Crippen LogP contribution in [0.5, 0.6) is 5.75 Å². The van der Waals surface area contributed by atoms with Gasteiger partial charge in [0.25, 0.3) is 5.91 Å². The maximum atomic E-state index is 12.4. The lowest BCUT2D eigenvalue weighted by Crippen LogP contribution is -2.26. The first-order valence-corrected chi connectivity index (χ1v) is 7.82. The number of methoxy groups -OCH3 is 1. The summed E-state index contributed by atoms with van der Waals surface area (Å²) in [4.78, 5) is 12.4. The van der Waals surface area contributed by atoms with Crippen LogP contribution in [0.1, 0.15) is 15.9 Å². The Balaban J connectivity index is 2.03. The van der Waals surface area contributed by atoms with Gasteiger partial charge in [0.2, 0.25) is 5.71 Å². The third kappa shape index (κ3) is 4.83. The van der Waals surface area contributed by atoms with Crippen LogP contribution in [0.3, 0.4) is 0 Å². The molecule has 0 aliphatic carbocycles. The summed E-state index contributed by atoms with van der Waals surface area (Å²) >= 11 is 0. The molecule has 0 atom stereocenters. The molecular weight excluding hydrogens is 330 g/mol. The van der Waals surface area contributed by atoms with Gasteiger partial charge in [-0.1, -0.05) is 30.3 Å². The Morgan fingerprint density at radius 2 is 1.81 bits per heavy atom. The summed E-state index contributed by atoms with van der Waals surface area (Å²) < 4.78 is 5.29. The number of hydrogen-bond donors (Lipinski definition) is 2. The highest BCUT2D eigenvalue weighted by Crippen LogP contribution is 2.18. The first-order valence-electron chi connectivity index (χ1n) is 7.82. The van der Waals surface area contributed by atoms with Crippen molar-refractivity contribution >= 4 is 17.3 Å². The molecular formula is C19H17N5O2. The van der Waals surface area contributed by atoms with Crippen molar-refractivity contribution in [1.82, 2.24) is 5.32 Å². The number of anilines is 1. The second-order valence-corrected chi connectivity index (χ2v) is 5.16. The highest BCUT2D eigenvalue weighted by molar-refractivity contribution is 6.10. The maximum Gasteiger partial charge on any atom is 0.253 e. The molecule has 0 aliphatic heterocycles. The standard InChI is InChI=1S/C19H17N5O2/c1-26-18-9-5-2-6-14(18)10-11-22-19(25)16-7-3-4-8-17(16)24-23-15(12-20)13-21/h2-9,24H,10-11H2,1H3,(H,22,25). The Morgan fingerprint density at radius 1 is 1.12 bits per heavy atom. The van der Waals surface area contributed by atoms with E-state index in [1.54, 1.807) is 43.5 Å². The van der Waals surface area contributed by atoms with Gasteiger partial charge in [-0.2, -0.15) is 15.6 Å². The van der Waals surface area contributed by atoms with E-state index in [4.69, 9.17) is 15.3 Å². The summed E-state index contributed by atoms with van der Waals surface area (Å²) in [6, 6.07) is 17.6. The van der Waals surface area contributed by atoms with Crippen molar-refractivity contribution in [2.75, 3.05) is 19.1 Å². The van der Waals surface area contributed by atoms with Crippen molar-refractivity contribution in [2.24, 2.45) is 5.10 Å². The van der Waals surface area contributed by atoms with Gasteiger partial charge in [-0.15, -0.1) is 0 Å². The van der Waals surface area contributed by atoms with E-state index >= 15 is 0 Å². The van der Waals surface area contributed by atoms with Crippen molar-refractivity contribution in [2.45, 2.75) is 6.42 Å². The van der Waals surface area contributed by atoms with Crippen LogP contribution >= 0.6 is 0 Å². The summed E-state index contributed by atoms with van der Waals surface area (Å²) in [5.74, 6) is 0.493. The highest BCUT2D eigenvalue weighted by atomic mass is 16.5. The Labute approximate surface area is 151 Å². The topological polar surface area (TPSA) is 110 Å². The van der Waals surface area contributed by atoms with Crippen LogP contribution in [0.15, 0.2) is 53.6 Å². The molecule has 0 fully saturated rings. The molecule has 1 amide bonds. The Bertz CT molecular complexity index is 877. The van der Waals surface area contributed by atoms with Gasteiger partial charge < -0.3 is 10.1 Å². The number of nitrogens with zero attached hydrogens (tertiary/aromatic N) is 3. The first kappa shape index (κ1) is 18.5. The van der Waals surface area contributed by atoms with E-state index in [-0.39, 0.29) is 11.6 Å². The van der Waals surface area contributed by atoms with E-state index in [0.717, 1.165) is 11.3 Å². The number of nitriles is 2. The molecule has 0 radical (unpaired) electrons. The van der Waals surface area contributed by atoms with E-state index in [9.17, 15) is 4.79 Å². The van der Waals surface area contributed by atoms with Crippen LogP contribution in [-0.2, 0) is 6.42 Å². The monoisotopic (exact) mass is 347 g/mol. The van der Waals surface area contributed by atoms with Gasteiger partial charge in [0.05, 0.1) is 18.4 Å². The van der Waals surface area contributed by atoms with Crippen LogP contribution in [0.25, 0.3) is 0 Å². The zero-order valence-electron chi connectivity index (χ0n) is 14.2. The molecule has 0 unspecified atom stereocenters. The minimum Gasteiger partial charge on any atom is -0.496 e. The number of ether oxygens (including phenoxy) is 1. The fourth-order valence-corrected chi connectivity index (χ4v) is 2.29. The maximum absolute atomic E-state index is 12.4. The number of carbonyl (C=O) groups is 1. The van der Waals surface area contributed by atoms with Gasteiger partial charge in [0.15, 0.2) is 0 Å². The molecule has 0 aromatic heterocycles.